The monoisotopic (exact) mass is 634 g/mol. The summed E-state index contributed by atoms with van der Waals surface area (Å²) in [4.78, 5) is 9.83. The highest BCUT2D eigenvalue weighted by atomic mass is 15.3. The SMILES string of the molecule is CC(C)(C)c1ccc2c(c1)c1cc(N(c3ccccc3)c3cccc(N(c4ccccc4)c4ccccc4)n3)ccc1n2-c1ccccc1. The van der Waals surface area contributed by atoms with Gasteiger partial charge in [-0.25, -0.2) is 4.98 Å². The molecule has 6 aromatic carbocycles. The van der Waals surface area contributed by atoms with Crippen molar-refractivity contribution in [2.45, 2.75) is 26.2 Å². The minimum Gasteiger partial charge on any atom is -0.309 e. The van der Waals surface area contributed by atoms with E-state index in [1.165, 1.54) is 27.4 Å². The maximum atomic E-state index is 5.37. The molecule has 0 radical (unpaired) electrons. The quantitative estimate of drug-likeness (QED) is 0.174. The van der Waals surface area contributed by atoms with Gasteiger partial charge in [0.25, 0.3) is 0 Å². The van der Waals surface area contributed by atoms with Crippen molar-refractivity contribution in [1.29, 1.82) is 0 Å². The molecule has 4 heteroatoms. The van der Waals surface area contributed by atoms with Crippen LogP contribution in [0.3, 0.4) is 0 Å². The van der Waals surface area contributed by atoms with E-state index in [9.17, 15) is 0 Å². The van der Waals surface area contributed by atoms with Gasteiger partial charge in [0.1, 0.15) is 11.6 Å². The second kappa shape index (κ2) is 12.5. The first-order valence-corrected chi connectivity index (χ1v) is 16.8. The standard InChI is InChI=1S/C45H38N4/c1-45(2,3)33-27-29-41-39(31-33)40-32-38(28-30-42(40)49(41)37-23-14-7-15-24-37)48(36-21-12-6-13-22-36)44-26-16-25-43(46-44)47(34-17-8-4-9-18-34)35-19-10-5-11-20-35/h4-32H,1-3H3. The molecule has 0 fully saturated rings. The van der Waals surface area contributed by atoms with Crippen molar-refractivity contribution in [3.8, 4) is 5.69 Å². The first-order chi connectivity index (χ1) is 24.0. The highest BCUT2D eigenvalue weighted by Crippen LogP contribution is 2.41. The lowest BCUT2D eigenvalue weighted by molar-refractivity contribution is 0.591. The average molecular weight is 635 g/mol. The minimum absolute atomic E-state index is 0.0246. The molecule has 49 heavy (non-hydrogen) atoms. The maximum Gasteiger partial charge on any atom is 0.140 e. The molecule has 0 aliphatic rings. The predicted octanol–water partition coefficient (Wildman–Crippen LogP) is 12.4. The summed E-state index contributed by atoms with van der Waals surface area (Å²) in [7, 11) is 0. The Labute approximate surface area is 288 Å². The van der Waals surface area contributed by atoms with Crippen LogP contribution in [0.1, 0.15) is 26.3 Å². The number of nitrogens with zero attached hydrogens (tertiary/aromatic N) is 4. The Morgan fingerprint density at radius 3 is 1.39 bits per heavy atom. The van der Waals surface area contributed by atoms with Crippen molar-refractivity contribution >= 4 is 56.2 Å². The van der Waals surface area contributed by atoms with Gasteiger partial charge in [0.2, 0.25) is 0 Å². The molecule has 0 spiro atoms. The van der Waals surface area contributed by atoms with Crippen molar-refractivity contribution in [2.75, 3.05) is 9.80 Å². The van der Waals surface area contributed by atoms with Crippen molar-refractivity contribution < 1.29 is 0 Å². The molecule has 2 heterocycles. The summed E-state index contributed by atoms with van der Waals surface area (Å²) >= 11 is 0. The average Bonchev–Trinajstić information content (AvgIpc) is 3.47. The van der Waals surface area contributed by atoms with Gasteiger partial charge >= 0.3 is 0 Å². The predicted molar refractivity (Wildman–Crippen MR) is 207 cm³/mol. The van der Waals surface area contributed by atoms with Gasteiger partial charge in [0.05, 0.1) is 11.0 Å². The summed E-state index contributed by atoms with van der Waals surface area (Å²) in [5, 5.41) is 2.44. The minimum atomic E-state index is 0.0246. The molecule has 4 nitrogen and oxygen atoms in total. The van der Waals surface area contributed by atoms with E-state index < -0.39 is 0 Å². The van der Waals surface area contributed by atoms with E-state index in [1.807, 2.05) is 12.1 Å². The van der Waals surface area contributed by atoms with Crippen LogP contribution in [-0.4, -0.2) is 9.55 Å². The number of fused-ring (bicyclic) bond motifs is 3. The zero-order valence-corrected chi connectivity index (χ0v) is 28.0. The van der Waals surface area contributed by atoms with Crippen LogP contribution in [0, 0.1) is 0 Å². The molecule has 238 valence electrons. The summed E-state index contributed by atoms with van der Waals surface area (Å²) in [6.45, 7) is 6.83. The zero-order valence-electron chi connectivity index (χ0n) is 28.0. The van der Waals surface area contributed by atoms with Crippen molar-refractivity contribution in [3.63, 3.8) is 0 Å². The van der Waals surface area contributed by atoms with Crippen LogP contribution < -0.4 is 9.80 Å². The number of hydrogen-bond acceptors (Lipinski definition) is 3. The summed E-state index contributed by atoms with van der Waals surface area (Å²) in [6, 6.07) is 62.0. The van der Waals surface area contributed by atoms with Crippen LogP contribution in [-0.2, 0) is 5.41 Å². The normalized spacial score (nSPS) is 11.6. The van der Waals surface area contributed by atoms with Gasteiger partial charge in [-0.15, -0.1) is 0 Å². The number of rotatable bonds is 7. The number of hydrogen-bond donors (Lipinski definition) is 0. The molecule has 8 rings (SSSR count). The number of para-hydroxylation sites is 4. The Morgan fingerprint density at radius 1 is 0.429 bits per heavy atom. The van der Waals surface area contributed by atoms with E-state index in [-0.39, 0.29) is 5.41 Å². The smallest absolute Gasteiger partial charge is 0.140 e. The zero-order chi connectivity index (χ0) is 33.4. The molecule has 0 atom stereocenters. The summed E-state index contributed by atoms with van der Waals surface area (Å²) in [5.41, 5.74) is 9.04. The third-order valence-corrected chi connectivity index (χ3v) is 9.11. The van der Waals surface area contributed by atoms with Crippen LogP contribution in [0.25, 0.3) is 27.5 Å². The molecule has 0 saturated heterocycles. The van der Waals surface area contributed by atoms with Gasteiger partial charge in [-0.2, -0.15) is 0 Å². The Hall–Kier alpha value is -6.13. The summed E-state index contributed by atoms with van der Waals surface area (Å²) in [6.07, 6.45) is 0. The third-order valence-electron chi connectivity index (χ3n) is 9.11. The highest BCUT2D eigenvalue weighted by molar-refractivity contribution is 6.11. The lowest BCUT2D eigenvalue weighted by Gasteiger charge is -2.28. The number of benzene rings is 6. The lowest BCUT2D eigenvalue weighted by atomic mass is 9.86. The second-order valence-corrected chi connectivity index (χ2v) is 13.4. The van der Waals surface area contributed by atoms with Gasteiger partial charge in [0, 0.05) is 39.2 Å². The Balaban J connectivity index is 1.34. The fourth-order valence-electron chi connectivity index (χ4n) is 6.69. The van der Waals surface area contributed by atoms with Crippen LogP contribution in [0.4, 0.5) is 34.4 Å². The third kappa shape index (κ3) is 5.72. The van der Waals surface area contributed by atoms with E-state index in [4.69, 9.17) is 4.98 Å². The van der Waals surface area contributed by atoms with E-state index in [0.717, 1.165) is 40.1 Å². The van der Waals surface area contributed by atoms with Crippen molar-refractivity contribution in [3.05, 3.63) is 181 Å². The van der Waals surface area contributed by atoms with E-state index in [0.29, 0.717) is 0 Å². The first kappa shape index (κ1) is 30.2. The van der Waals surface area contributed by atoms with Crippen LogP contribution in [0.15, 0.2) is 176 Å². The maximum absolute atomic E-state index is 5.37. The molecular weight excluding hydrogens is 597 g/mol. The van der Waals surface area contributed by atoms with Gasteiger partial charge in [0.15, 0.2) is 0 Å². The van der Waals surface area contributed by atoms with Gasteiger partial charge < -0.3 is 4.57 Å². The van der Waals surface area contributed by atoms with Crippen LogP contribution in [0.5, 0.6) is 0 Å². The van der Waals surface area contributed by atoms with Crippen molar-refractivity contribution in [1.82, 2.24) is 9.55 Å². The fourth-order valence-corrected chi connectivity index (χ4v) is 6.69. The van der Waals surface area contributed by atoms with E-state index in [1.54, 1.807) is 0 Å². The molecule has 0 N–H and O–H groups in total. The fraction of sp³-hybridized carbons (Fsp3) is 0.0889. The molecule has 0 aliphatic carbocycles. The van der Waals surface area contributed by atoms with Crippen LogP contribution in [0.2, 0.25) is 0 Å². The Kier molecular flexibility index (Phi) is 7.69. The molecule has 8 aromatic rings. The van der Waals surface area contributed by atoms with Gasteiger partial charge in [-0.1, -0.05) is 106 Å². The molecule has 0 saturated carbocycles. The summed E-state index contributed by atoms with van der Waals surface area (Å²) in [5.74, 6) is 1.68. The van der Waals surface area contributed by atoms with Gasteiger partial charge in [-0.05, 0) is 102 Å². The Bertz CT molecular complexity index is 2320. The van der Waals surface area contributed by atoms with E-state index >= 15 is 0 Å². The largest absolute Gasteiger partial charge is 0.309 e. The number of pyridine rings is 1. The number of aromatic nitrogens is 2. The highest BCUT2D eigenvalue weighted by Gasteiger charge is 2.22. The summed E-state index contributed by atoms with van der Waals surface area (Å²) < 4.78 is 2.38. The lowest BCUT2D eigenvalue weighted by Crippen LogP contribution is -2.15. The van der Waals surface area contributed by atoms with E-state index in [2.05, 4.69) is 199 Å². The molecule has 0 amide bonds. The van der Waals surface area contributed by atoms with Crippen LogP contribution >= 0.6 is 0 Å². The first-order valence-electron chi connectivity index (χ1n) is 16.8. The van der Waals surface area contributed by atoms with Crippen molar-refractivity contribution in [2.24, 2.45) is 0 Å². The Morgan fingerprint density at radius 2 is 0.878 bits per heavy atom. The molecule has 0 unspecified atom stereocenters. The molecule has 2 aromatic heterocycles. The van der Waals surface area contributed by atoms with Gasteiger partial charge in [-0.3, -0.25) is 9.80 Å². The molecular formula is C45H38N4. The molecule has 0 aliphatic heterocycles. The molecule has 0 bridgehead atoms. The number of anilines is 6. The topological polar surface area (TPSA) is 24.3 Å². The second-order valence-electron chi connectivity index (χ2n) is 13.4.